The van der Waals surface area contributed by atoms with Crippen LogP contribution < -0.4 is 4.74 Å². The Labute approximate surface area is 165 Å². The van der Waals surface area contributed by atoms with Gasteiger partial charge in [-0.2, -0.15) is 0 Å². The Morgan fingerprint density at radius 2 is 1.68 bits per heavy atom. The molecule has 3 aromatic rings. The van der Waals surface area contributed by atoms with E-state index in [9.17, 15) is 0 Å². The van der Waals surface area contributed by atoms with Gasteiger partial charge in [0.25, 0.3) is 0 Å². The summed E-state index contributed by atoms with van der Waals surface area (Å²) in [5.41, 5.74) is 8.09. The number of ether oxygens (including phenoxy) is 3. The molecule has 1 fully saturated rings. The van der Waals surface area contributed by atoms with Gasteiger partial charge in [-0.25, -0.2) is 0 Å². The first-order valence-corrected chi connectivity index (χ1v) is 9.94. The number of benzene rings is 3. The Kier molecular flexibility index (Phi) is 4.63. The first kappa shape index (κ1) is 17.5. The molecule has 0 N–H and O–H groups in total. The van der Waals surface area contributed by atoms with Crippen LogP contribution in [0.25, 0.3) is 22.3 Å². The van der Waals surface area contributed by atoms with E-state index in [-0.39, 0.29) is 6.10 Å². The Balaban J connectivity index is 1.29. The third-order valence-corrected chi connectivity index (χ3v) is 5.47. The molecule has 2 atom stereocenters. The molecule has 1 heterocycles. The molecule has 2 aliphatic rings. The second kappa shape index (κ2) is 7.42. The average molecular weight is 372 g/mol. The monoisotopic (exact) mass is 372 g/mol. The Morgan fingerprint density at radius 1 is 0.929 bits per heavy atom. The largest absolute Gasteiger partial charge is 0.491 e. The van der Waals surface area contributed by atoms with Gasteiger partial charge in [-0.05, 0) is 58.9 Å². The van der Waals surface area contributed by atoms with Crippen LogP contribution in [0.3, 0.4) is 0 Å². The lowest BCUT2D eigenvalue weighted by atomic mass is 9.96. The van der Waals surface area contributed by atoms with Crippen molar-refractivity contribution >= 4 is 0 Å². The van der Waals surface area contributed by atoms with Crippen LogP contribution in [-0.2, 0) is 15.9 Å². The van der Waals surface area contributed by atoms with Gasteiger partial charge >= 0.3 is 0 Å². The van der Waals surface area contributed by atoms with Gasteiger partial charge in [-0.15, -0.1) is 0 Å². The summed E-state index contributed by atoms with van der Waals surface area (Å²) in [6, 6.07) is 23.7. The van der Waals surface area contributed by atoms with Crippen LogP contribution in [-0.4, -0.2) is 32.0 Å². The van der Waals surface area contributed by atoms with Gasteiger partial charge in [0, 0.05) is 0 Å². The second-order valence-corrected chi connectivity index (χ2v) is 7.60. The van der Waals surface area contributed by atoms with E-state index in [0.717, 1.165) is 18.8 Å². The lowest BCUT2D eigenvalue weighted by Crippen LogP contribution is -2.20. The van der Waals surface area contributed by atoms with Crippen molar-refractivity contribution in [2.45, 2.75) is 25.6 Å². The highest BCUT2D eigenvalue weighted by Crippen LogP contribution is 2.41. The van der Waals surface area contributed by atoms with Crippen molar-refractivity contribution in [3.05, 3.63) is 77.9 Å². The van der Waals surface area contributed by atoms with Crippen molar-refractivity contribution in [2.75, 3.05) is 19.8 Å². The SMILES string of the molecule is CC(COc1ccc(-c2cccc3c2Cc2ccccc2-3)cc1)OCC1CO1. The summed E-state index contributed by atoms with van der Waals surface area (Å²) in [7, 11) is 0. The minimum absolute atomic E-state index is 0.0553. The number of hydrogen-bond acceptors (Lipinski definition) is 3. The van der Waals surface area contributed by atoms with E-state index in [1.807, 2.05) is 19.1 Å². The molecule has 0 spiro atoms. The zero-order valence-electron chi connectivity index (χ0n) is 16.1. The summed E-state index contributed by atoms with van der Waals surface area (Å²) in [6.45, 7) is 4.05. The van der Waals surface area contributed by atoms with Gasteiger partial charge in [-0.1, -0.05) is 54.6 Å². The molecule has 3 heteroatoms. The molecule has 1 aliphatic heterocycles. The van der Waals surface area contributed by atoms with E-state index in [1.165, 1.54) is 33.4 Å². The van der Waals surface area contributed by atoms with Gasteiger partial charge < -0.3 is 14.2 Å². The normalized spacial score (nSPS) is 17.7. The first-order valence-electron chi connectivity index (χ1n) is 9.94. The van der Waals surface area contributed by atoms with Crippen LogP contribution in [0.15, 0.2) is 66.7 Å². The summed E-state index contributed by atoms with van der Waals surface area (Å²) >= 11 is 0. The van der Waals surface area contributed by atoms with Gasteiger partial charge in [-0.3, -0.25) is 0 Å². The molecule has 3 nitrogen and oxygen atoms in total. The second-order valence-electron chi connectivity index (χ2n) is 7.60. The maximum atomic E-state index is 5.89. The molecule has 0 bridgehead atoms. The van der Waals surface area contributed by atoms with Gasteiger partial charge in [0.05, 0.1) is 19.3 Å². The van der Waals surface area contributed by atoms with E-state index in [0.29, 0.717) is 19.3 Å². The summed E-state index contributed by atoms with van der Waals surface area (Å²) in [5, 5.41) is 0. The maximum Gasteiger partial charge on any atom is 0.119 e. The highest BCUT2D eigenvalue weighted by Gasteiger charge is 2.23. The molecular weight excluding hydrogens is 348 g/mol. The van der Waals surface area contributed by atoms with E-state index >= 15 is 0 Å². The average Bonchev–Trinajstić information content (AvgIpc) is 3.49. The predicted molar refractivity (Wildman–Crippen MR) is 111 cm³/mol. The van der Waals surface area contributed by atoms with Crippen molar-refractivity contribution in [1.29, 1.82) is 0 Å². The third-order valence-electron chi connectivity index (χ3n) is 5.47. The number of rotatable bonds is 7. The molecule has 5 rings (SSSR count). The zero-order chi connectivity index (χ0) is 18.9. The third kappa shape index (κ3) is 3.56. The van der Waals surface area contributed by atoms with Crippen molar-refractivity contribution < 1.29 is 14.2 Å². The standard InChI is InChI=1S/C25H24O3/c1-17(26-15-21-16-28-21)14-27-20-11-9-18(10-12-20)22-7-4-8-24-23-6-3-2-5-19(23)13-25(22)24/h2-12,17,21H,13-16H2,1H3. The van der Waals surface area contributed by atoms with E-state index in [2.05, 4.69) is 54.6 Å². The molecule has 2 unspecified atom stereocenters. The zero-order valence-corrected chi connectivity index (χ0v) is 16.1. The van der Waals surface area contributed by atoms with Crippen LogP contribution in [0, 0.1) is 0 Å². The topological polar surface area (TPSA) is 31.0 Å². The first-order chi connectivity index (χ1) is 13.8. The fourth-order valence-electron chi connectivity index (χ4n) is 3.86. The molecule has 0 saturated carbocycles. The van der Waals surface area contributed by atoms with Crippen LogP contribution in [0.4, 0.5) is 0 Å². The quantitative estimate of drug-likeness (QED) is 0.423. The molecule has 0 aromatic heterocycles. The smallest absolute Gasteiger partial charge is 0.119 e. The molecule has 0 amide bonds. The van der Waals surface area contributed by atoms with Gasteiger partial charge in [0.15, 0.2) is 0 Å². The van der Waals surface area contributed by atoms with E-state index in [4.69, 9.17) is 14.2 Å². The molecule has 0 radical (unpaired) electrons. The summed E-state index contributed by atoms with van der Waals surface area (Å²) in [4.78, 5) is 0. The van der Waals surface area contributed by atoms with Crippen LogP contribution >= 0.6 is 0 Å². The maximum absolute atomic E-state index is 5.89. The number of epoxide rings is 1. The molecule has 28 heavy (non-hydrogen) atoms. The molecule has 1 saturated heterocycles. The van der Waals surface area contributed by atoms with Crippen molar-refractivity contribution in [1.82, 2.24) is 0 Å². The Morgan fingerprint density at radius 3 is 2.50 bits per heavy atom. The highest BCUT2D eigenvalue weighted by atomic mass is 16.6. The minimum atomic E-state index is 0.0553. The number of hydrogen-bond donors (Lipinski definition) is 0. The highest BCUT2D eigenvalue weighted by molar-refractivity contribution is 5.84. The minimum Gasteiger partial charge on any atom is -0.491 e. The van der Waals surface area contributed by atoms with Crippen LogP contribution in [0.5, 0.6) is 5.75 Å². The van der Waals surface area contributed by atoms with E-state index in [1.54, 1.807) is 0 Å². The Hall–Kier alpha value is -2.62. The van der Waals surface area contributed by atoms with Crippen LogP contribution in [0.1, 0.15) is 18.1 Å². The Bertz CT molecular complexity index is 973. The van der Waals surface area contributed by atoms with Crippen molar-refractivity contribution in [3.8, 4) is 28.0 Å². The number of fused-ring (bicyclic) bond motifs is 3. The molecule has 1 aliphatic carbocycles. The van der Waals surface area contributed by atoms with Gasteiger partial charge in [0.2, 0.25) is 0 Å². The van der Waals surface area contributed by atoms with E-state index < -0.39 is 0 Å². The lowest BCUT2D eigenvalue weighted by Gasteiger charge is -2.14. The molecule has 142 valence electrons. The fraction of sp³-hybridized carbons (Fsp3) is 0.280. The summed E-state index contributed by atoms with van der Waals surface area (Å²) < 4.78 is 16.8. The van der Waals surface area contributed by atoms with Crippen molar-refractivity contribution in [3.63, 3.8) is 0 Å². The summed E-state index contributed by atoms with van der Waals surface area (Å²) in [5.74, 6) is 0.873. The van der Waals surface area contributed by atoms with Gasteiger partial charge in [0.1, 0.15) is 18.5 Å². The summed E-state index contributed by atoms with van der Waals surface area (Å²) in [6.07, 6.45) is 1.35. The molecule has 3 aromatic carbocycles. The predicted octanol–water partition coefficient (Wildman–Crippen LogP) is 5.11. The van der Waals surface area contributed by atoms with Crippen LogP contribution in [0.2, 0.25) is 0 Å². The molecular formula is C25H24O3. The fourth-order valence-corrected chi connectivity index (χ4v) is 3.86. The van der Waals surface area contributed by atoms with Crippen molar-refractivity contribution in [2.24, 2.45) is 0 Å². The lowest BCUT2D eigenvalue weighted by molar-refractivity contribution is 0.0241.